The summed E-state index contributed by atoms with van der Waals surface area (Å²) in [5.41, 5.74) is 0.719. The number of carbonyl (C=O) groups is 2. The Morgan fingerprint density at radius 2 is 1.42 bits per heavy atom. The zero-order valence-corrected chi connectivity index (χ0v) is 16.0. The average Bonchev–Trinajstić information content (AvgIpc) is 2.51. The summed E-state index contributed by atoms with van der Waals surface area (Å²) in [6.45, 7) is 0.305. The number of nitrogens with one attached hydrogen (secondary N) is 1. The van der Waals surface area contributed by atoms with Crippen molar-refractivity contribution in [1.29, 1.82) is 0 Å². The quantitative estimate of drug-likeness (QED) is 0.637. The van der Waals surface area contributed by atoms with Crippen molar-refractivity contribution in [3.8, 4) is 0 Å². The minimum absolute atomic E-state index is 0.185. The normalized spacial score (nSPS) is 10.5. The van der Waals surface area contributed by atoms with E-state index in [0.717, 1.165) is 11.8 Å². The summed E-state index contributed by atoms with van der Waals surface area (Å²) in [7, 11) is 0. The molecule has 0 spiro atoms. The topological polar surface area (TPSA) is 46.2 Å². The second kappa shape index (κ2) is 8.97. The molecule has 0 saturated heterocycles. The number of benzene rings is 2. The van der Waals surface area contributed by atoms with Gasteiger partial charge in [0.15, 0.2) is 0 Å². The number of hydrogen-bond acceptors (Lipinski definition) is 3. The van der Waals surface area contributed by atoms with E-state index in [1.807, 2.05) is 0 Å². The number of carbonyl (C=O) groups excluding carboxylic acids is 2. The third kappa shape index (κ3) is 5.30. The predicted octanol–water partition coefficient (Wildman–Crippen LogP) is 5.60. The van der Waals surface area contributed by atoms with Gasteiger partial charge in [-0.05, 0) is 36.4 Å². The zero-order chi connectivity index (χ0) is 17.7. The van der Waals surface area contributed by atoms with Crippen LogP contribution in [0.3, 0.4) is 0 Å². The monoisotopic (exact) mass is 421 g/mol. The number of thioether (sulfide) groups is 1. The lowest BCUT2D eigenvalue weighted by Gasteiger charge is -2.07. The van der Waals surface area contributed by atoms with Gasteiger partial charge in [-0.3, -0.25) is 9.59 Å². The van der Waals surface area contributed by atoms with E-state index in [2.05, 4.69) is 5.32 Å². The van der Waals surface area contributed by atoms with Gasteiger partial charge in [0.1, 0.15) is 0 Å². The Hall–Kier alpha value is -0.910. The van der Waals surface area contributed by atoms with Gasteiger partial charge in [0, 0.05) is 27.9 Å². The fourth-order valence-corrected chi connectivity index (χ4v) is 3.58. The Kier molecular flexibility index (Phi) is 7.26. The average molecular weight is 423 g/mol. The molecule has 0 bridgehead atoms. The molecular weight excluding hydrogens is 412 g/mol. The van der Waals surface area contributed by atoms with Crippen molar-refractivity contribution in [2.24, 2.45) is 0 Å². The first-order chi connectivity index (χ1) is 11.4. The molecule has 1 amide bonds. The minimum Gasteiger partial charge on any atom is -0.351 e. The van der Waals surface area contributed by atoms with Crippen molar-refractivity contribution in [3.63, 3.8) is 0 Å². The van der Waals surface area contributed by atoms with E-state index < -0.39 is 0 Å². The summed E-state index contributed by atoms with van der Waals surface area (Å²) in [5, 5.41) is 4.01. The van der Waals surface area contributed by atoms with Crippen molar-refractivity contribution in [1.82, 2.24) is 5.32 Å². The summed E-state index contributed by atoms with van der Waals surface area (Å²) in [4.78, 5) is 24.1. The first kappa shape index (κ1) is 19.4. The van der Waals surface area contributed by atoms with Crippen molar-refractivity contribution in [2.45, 2.75) is 0 Å². The van der Waals surface area contributed by atoms with E-state index in [1.54, 1.807) is 24.3 Å². The van der Waals surface area contributed by atoms with Crippen molar-refractivity contribution in [3.05, 3.63) is 67.6 Å². The van der Waals surface area contributed by atoms with Gasteiger partial charge in [-0.2, -0.15) is 0 Å². The summed E-state index contributed by atoms with van der Waals surface area (Å²) in [6.07, 6.45) is 0. The van der Waals surface area contributed by atoms with E-state index in [0.29, 0.717) is 38.5 Å². The number of rotatable bonds is 5. The second-order valence-electron chi connectivity index (χ2n) is 4.64. The Balaban J connectivity index is 1.84. The van der Waals surface area contributed by atoms with Crippen LogP contribution in [0.5, 0.6) is 0 Å². The van der Waals surface area contributed by atoms with E-state index in [4.69, 9.17) is 46.4 Å². The fourth-order valence-electron chi connectivity index (χ4n) is 1.81. The minimum atomic E-state index is -0.325. The van der Waals surface area contributed by atoms with Crippen LogP contribution in [-0.4, -0.2) is 23.3 Å². The lowest BCUT2D eigenvalue weighted by atomic mass is 10.2. The smallest absolute Gasteiger partial charge is 0.252 e. The summed E-state index contributed by atoms with van der Waals surface area (Å²) < 4.78 is 0. The molecule has 0 aliphatic carbocycles. The van der Waals surface area contributed by atoms with Crippen LogP contribution in [0.1, 0.15) is 20.7 Å². The standard InChI is InChI=1S/C16H11Cl4NO2S/c17-9-1-3-11(13(19)7-9)15(22)21-5-6-24-16(23)12-4-2-10(18)8-14(12)20/h1-4,7-8H,5-6H2,(H,21,22). The van der Waals surface area contributed by atoms with Gasteiger partial charge in [0.2, 0.25) is 5.12 Å². The number of amides is 1. The molecular formula is C16H11Cl4NO2S. The molecule has 0 heterocycles. The van der Waals surface area contributed by atoms with Gasteiger partial charge >= 0.3 is 0 Å². The molecule has 126 valence electrons. The molecule has 1 N–H and O–H groups in total. The molecule has 0 fully saturated rings. The van der Waals surface area contributed by atoms with E-state index in [1.165, 1.54) is 12.1 Å². The highest BCUT2D eigenvalue weighted by Crippen LogP contribution is 2.25. The Bertz CT molecular complexity index is 717. The molecule has 0 radical (unpaired) electrons. The fraction of sp³-hybridized carbons (Fsp3) is 0.125. The number of hydrogen-bond donors (Lipinski definition) is 1. The molecule has 0 aliphatic rings. The van der Waals surface area contributed by atoms with Crippen LogP contribution < -0.4 is 5.32 Å². The van der Waals surface area contributed by atoms with Gasteiger partial charge in [0.25, 0.3) is 5.91 Å². The third-order valence-electron chi connectivity index (χ3n) is 2.95. The highest BCUT2D eigenvalue weighted by atomic mass is 35.5. The third-order valence-corrected chi connectivity index (χ3v) is 4.93. The van der Waals surface area contributed by atoms with Crippen LogP contribution in [0.2, 0.25) is 20.1 Å². The van der Waals surface area contributed by atoms with Crippen molar-refractivity contribution in [2.75, 3.05) is 12.3 Å². The molecule has 0 atom stereocenters. The van der Waals surface area contributed by atoms with Crippen LogP contribution in [0.15, 0.2) is 36.4 Å². The first-order valence-electron chi connectivity index (χ1n) is 6.74. The molecule has 2 rings (SSSR count). The van der Waals surface area contributed by atoms with Crippen LogP contribution in [0.4, 0.5) is 0 Å². The van der Waals surface area contributed by atoms with Crippen molar-refractivity contribution >= 4 is 69.2 Å². The first-order valence-corrected chi connectivity index (χ1v) is 9.23. The molecule has 2 aromatic rings. The predicted molar refractivity (Wildman–Crippen MR) is 102 cm³/mol. The van der Waals surface area contributed by atoms with Crippen molar-refractivity contribution < 1.29 is 9.59 Å². The Labute approximate surface area is 163 Å². The molecule has 24 heavy (non-hydrogen) atoms. The van der Waals surface area contributed by atoms with Gasteiger partial charge in [0.05, 0.1) is 15.6 Å². The molecule has 0 saturated carbocycles. The maximum absolute atomic E-state index is 12.1. The van der Waals surface area contributed by atoms with Crippen LogP contribution >= 0.6 is 58.2 Å². The van der Waals surface area contributed by atoms with Crippen LogP contribution in [0, 0.1) is 0 Å². The highest BCUT2D eigenvalue weighted by Gasteiger charge is 2.13. The summed E-state index contributed by atoms with van der Waals surface area (Å²) >= 11 is 24.6. The maximum atomic E-state index is 12.1. The largest absolute Gasteiger partial charge is 0.351 e. The lowest BCUT2D eigenvalue weighted by Crippen LogP contribution is -2.26. The molecule has 2 aromatic carbocycles. The van der Waals surface area contributed by atoms with Gasteiger partial charge in [-0.25, -0.2) is 0 Å². The van der Waals surface area contributed by atoms with Gasteiger partial charge in [-0.1, -0.05) is 58.2 Å². The van der Waals surface area contributed by atoms with Gasteiger partial charge < -0.3 is 5.32 Å². The molecule has 0 aliphatic heterocycles. The highest BCUT2D eigenvalue weighted by molar-refractivity contribution is 8.14. The molecule has 3 nitrogen and oxygen atoms in total. The Morgan fingerprint density at radius 1 is 0.875 bits per heavy atom. The molecule has 0 aromatic heterocycles. The summed E-state index contributed by atoms with van der Waals surface area (Å²) in [6, 6.07) is 9.33. The Morgan fingerprint density at radius 3 is 1.96 bits per heavy atom. The maximum Gasteiger partial charge on any atom is 0.252 e. The second-order valence-corrected chi connectivity index (χ2v) is 7.40. The van der Waals surface area contributed by atoms with Crippen LogP contribution in [-0.2, 0) is 0 Å². The summed E-state index contributed by atoms with van der Waals surface area (Å²) in [5.74, 6) is 0.0728. The van der Waals surface area contributed by atoms with Gasteiger partial charge in [-0.15, -0.1) is 0 Å². The van der Waals surface area contributed by atoms with E-state index in [-0.39, 0.29) is 16.0 Å². The van der Waals surface area contributed by atoms with E-state index in [9.17, 15) is 9.59 Å². The number of halogens is 4. The zero-order valence-electron chi connectivity index (χ0n) is 12.1. The van der Waals surface area contributed by atoms with E-state index >= 15 is 0 Å². The van der Waals surface area contributed by atoms with Crippen LogP contribution in [0.25, 0.3) is 0 Å². The SMILES string of the molecule is O=C(NCCSC(=O)c1ccc(Cl)cc1Cl)c1ccc(Cl)cc1Cl. The lowest BCUT2D eigenvalue weighted by molar-refractivity contribution is 0.0955. The molecule has 0 unspecified atom stereocenters. The molecule has 8 heteroatoms.